The van der Waals surface area contributed by atoms with E-state index in [9.17, 15) is 18.3 Å². The van der Waals surface area contributed by atoms with Gasteiger partial charge in [-0.1, -0.05) is 29.8 Å². The molecule has 0 amide bonds. The van der Waals surface area contributed by atoms with E-state index in [4.69, 9.17) is 11.1 Å². The number of aryl methyl sites for hydroxylation is 1. The molecule has 7 nitrogen and oxygen atoms in total. The third-order valence-corrected chi connectivity index (χ3v) is 4.60. The molecule has 0 aliphatic rings. The number of hydrogen-bond acceptors (Lipinski definition) is 4. The van der Waals surface area contributed by atoms with Crippen LogP contribution in [0.2, 0.25) is 0 Å². The molecule has 4 rings (SSSR count). The first-order valence-corrected chi connectivity index (χ1v) is 8.90. The fraction of sp³-hybridized carbons (Fsp3) is 0.150. The van der Waals surface area contributed by atoms with Crippen LogP contribution in [-0.2, 0) is 6.54 Å². The molecule has 30 heavy (non-hydrogen) atoms. The van der Waals surface area contributed by atoms with Gasteiger partial charge in [-0.25, -0.2) is 9.67 Å². The predicted octanol–water partition coefficient (Wildman–Crippen LogP) is 3.95. The molecule has 0 fully saturated rings. The third-order valence-electron chi connectivity index (χ3n) is 4.60. The average molecular weight is 414 g/mol. The molecule has 0 saturated carbocycles. The molecule has 2 aromatic heterocycles. The number of aromatic nitrogens is 4. The molecule has 154 valence electrons. The fourth-order valence-corrected chi connectivity index (χ4v) is 3.17. The zero-order valence-electron chi connectivity index (χ0n) is 15.7. The molecule has 2 aromatic carbocycles. The molecule has 0 aliphatic carbocycles. The SMILES string of the molecule is Cc1ccc(-c2nn(CC(F)(F)F)c(-c3nc4ccc(C(=N)N)cc4[nH]3)c2O)cc1. The average Bonchev–Trinajstić information content (AvgIpc) is 3.20. The highest BCUT2D eigenvalue weighted by molar-refractivity contribution is 5.98. The number of H-pyrrole nitrogens is 1. The van der Waals surface area contributed by atoms with Gasteiger partial charge in [0.25, 0.3) is 0 Å². The van der Waals surface area contributed by atoms with E-state index in [0.717, 1.165) is 5.56 Å². The standard InChI is InChI=1S/C20H17F3N6O/c1-10-2-4-11(5-3-10)15-17(30)16(29(28-15)9-20(21,22)23)19-26-13-7-6-12(18(24)25)8-14(13)27-19/h2-8,30H,9H2,1H3,(H3,24,25)(H,26,27). The minimum atomic E-state index is -4.55. The normalized spacial score (nSPS) is 11.9. The van der Waals surface area contributed by atoms with Gasteiger partial charge in [0, 0.05) is 11.1 Å². The summed E-state index contributed by atoms with van der Waals surface area (Å²) in [6.45, 7) is 0.485. The molecule has 10 heteroatoms. The van der Waals surface area contributed by atoms with Crippen molar-refractivity contribution in [2.24, 2.45) is 5.73 Å². The number of benzene rings is 2. The molecule has 0 bridgehead atoms. The van der Waals surface area contributed by atoms with Gasteiger partial charge in [-0.15, -0.1) is 0 Å². The number of halogens is 3. The van der Waals surface area contributed by atoms with Crippen LogP contribution in [0.3, 0.4) is 0 Å². The highest BCUT2D eigenvalue weighted by Gasteiger charge is 2.33. The van der Waals surface area contributed by atoms with Gasteiger partial charge >= 0.3 is 6.18 Å². The summed E-state index contributed by atoms with van der Waals surface area (Å²) >= 11 is 0. The second kappa shape index (κ2) is 6.90. The van der Waals surface area contributed by atoms with Crippen LogP contribution in [0.1, 0.15) is 11.1 Å². The van der Waals surface area contributed by atoms with Crippen LogP contribution < -0.4 is 5.73 Å². The van der Waals surface area contributed by atoms with Crippen LogP contribution >= 0.6 is 0 Å². The molecule has 0 radical (unpaired) electrons. The number of aromatic hydroxyl groups is 1. The van der Waals surface area contributed by atoms with Crippen molar-refractivity contribution in [2.75, 3.05) is 0 Å². The van der Waals surface area contributed by atoms with E-state index in [1.165, 1.54) is 0 Å². The van der Waals surface area contributed by atoms with Gasteiger partial charge in [0.1, 0.15) is 23.8 Å². The van der Waals surface area contributed by atoms with Gasteiger partial charge in [0.05, 0.1) is 11.0 Å². The molecule has 4 aromatic rings. The highest BCUT2D eigenvalue weighted by atomic mass is 19.4. The Labute approximate surface area is 168 Å². The van der Waals surface area contributed by atoms with Gasteiger partial charge < -0.3 is 15.8 Å². The maximum atomic E-state index is 13.2. The van der Waals surface area contributed by atoms with Crippen molar-refractivity contribution in [2.45, 2.75) is 19.6 Å². The minimum Gasteiger partial charge on any atom is -0.504 e. The number of nitrogens with two attached hydrogens (primary N) is 1. The van der Waals surface area contributed by atoms with E-state index in [-0.39, 0.29) is 23.0 Å². The number of aromatic amines is 1. The molecular formula is C20H17F3N6O. The Morgan fingerprint density at radius 3 is 2.53 bits per heavy atom. The van der Waals surface area contributed by atoms with E-state index in [2.05, 4.69) is 15.1 Å². The van der Waals surface area contributed by atoms with Gasteiger partial charge in [-0.3, -0.25) is 5.41 Å². The Hall–Kier alpha value is -3.82. The summed E-state index contributed by atoms with van der Waals surface area (Å²) in [5.41, 5.74) is 8.14. The molecule has 0 aliphatic heterocycles. The topological polar surface area (TPSA) is 117 Å². The third kappa shape index (κ3) is 3.59. The number of fused-ring (bicyclic) bond motifs is 1. The van der Waals surface area contributed by atoms with Gasteiger partial charge in [0.15, 0.2) is 11.6 Å². The lowest BCUT2D eigenvalue weighted by Crippen LogP contribution is -2.19. The summed E-state index contributed by atoms with van der Waals surface area (Å²) < 4.78 is 40.2. The number of amidine groups is 1. The predicted molar refractivity (Wildman–Crippen MR) is 106 cm³/mol. The zero-order valence-corrected chi connectivity index (χ0v) is 15.7. The van der Waals surface area contributed by atoms with Crippen LogP contribution in [-0.4, -0.2) is 36.9 Å². The first-order chi connectivity index (χ1) is 14.1. The summed E-state index contributed by atoms with van der Waals surface area (Å²) in [6, 6.07) is 11.7. The van der Waals surface area contributed by atoms with Crippen molar-refractivity contribution in [1.82, 2.24) is 19.7 Å². The molecular weight excluding hydrogens is 397 g/mol. The summed E-state index contributed by atoms with van der Waals surface area (Å²) in [7, 11) is 0. The maximum Gasteiger partial charge on any atom is 0.408 e. The number of rotatable bonds is 4. The fourth-order valence-electron chi connectivity index (χ4n) is 3.17. The van der Waals surface area contributed by atoms with E-state index < -0.39 is 18.5 Å². The van der Waals surface area contributed by atoms with Crippen molar-refractivity contribution in [3.05, 3.63) is 53.6 Å². The number of hydrogen-bond donors (Lipinski definition) is 4. The Morgan fingerprint density at radius 1 is 1.20 bits per heavy atom. The van der Waals surface area contributed by atoms with Gasteiger partial charge in [-0.2, -0.15) is 18.3 Å². The van der Waals surface area contributed by atoms with Crippen LogP contribution in [0.15, 0.2) is 42.5 Å². The number of alkyl halides is 3. The lowest BCUT2D eigenvalue weighted by Gasteiger charge is -2.08. The molecule has 0 spiro atoms. The van der Waals surface area contributed by atoms with Gasteiger partial charge in [-0.05, 0) is 25.1 Å². The van der Waals surface area contributed by atoms with Crippen LogP contribution in [0.4, 0.5) is 13.2 Å². The van der Waals surface area contributed by atoms with Crippen LogP contribution in [0, 0.1) is 12.3 Å². The monoisotopic (exact) mass is 414 g/mol. The number of nitrogen functional groups attached to an aromatic ring is 1. The summed E-state index contributed by atoms with van der Waals surface area (Å²) in [5.74, 6) is -0.535. The van der Waals surface area contributed by atoms with Gasteiger partial charge in [0.2, 0.25) is 0 Å². The number of nitrogens with one attached hydrogen (secondary N) is 2. The number of imidazole rings is 1. The largest absolute Gasteiger partial charge is 0.504 e. The Kier molecular flexibility index (Phi) is 4.49. The molecule has 0 unspecified atom stereocenters. The lowest BCUT2D eigenvalue weighted by atomic mass is 10.1. The first-order valence-electron chi connectivity index (χ1n) is 8.90. The van der Waals surface area contributed by atoms with Crippen molar-refractivity contribution >= 4 is 16.9 Å². The minimum absolute atomic E-state index is 0.0262. The van der Waals surface area contributed by atoms with Crippen LogP contribution in [0.25, 0.3) is 33.8 Å². The van der Waals surface area contributed by atoms with E-state index in [1.54, 1.807) is 42.5 Å². The highest BCUT2D eigenvalue weighted by Crippen LogP contribution is 2.38. The molecule has 0 saturated heterocycles. The molecule has 5 N–H and O–H groups in total. The quantitative estimate of drug-likeness (QED) is 0.299. The lowest BCUT2D eigenvalue weighted by molar-refractivity contribution is -0.142. The number of nitrogens with zero attached hydrogens (tertiary/aromatic N) is 3. The van der Waals surface area contributed by atoms with Crippen molar-refractivity contribution in [1.29, 1.82) is 5.41 Å². The Morgan fingerprint density at radius 2 is 1.90 bits per heavy atom. The van der Waals surface area contributed by atoms with Crippen molar-refractivity contribution in [3.8, 4) is 28.5 Å². The Balaban J connectivity index is 1.90. The second-order valence-electron chi connectivity index (χ2n) is 6.92. The van der Waals surface area contributed by atoms with Crippen molar-refractivity contribution in [3.63, 3.8) is 0 Å². The van der Waals surface area contributed by atoms with E-state index in [0.29, 0.717) is 26.8 Å². The maximum absolute atomic E-state index is 13.2. The second-order valence-corrected chi connectivity index (χ2v) is 6.92. The molecule has 2 heterocycles. The zero-order chi connectivity index (χ0) is 21.6. The Bertz CT molecular complexity index is 1250. The summed E-state index contributed by atoms with van der Waals surface area (Å²) in [5, 5.41) is 22.3. The smallest absolute Gasteiger partial charge is 0.408 e. The summed E-state index contributed by atoms with van der Waals surface area (Å²) in [4.78, 5) is 7.20. The van der Waals surface area contributed by atoms with E-state index >= 15 is 0 Å². The van der Waals surface area contributed by atoms with Crippen molar-refractivity contribution < 1.29 is 18.3 Å². The first kappa shape index (κ1) is 19.5. The summed E-state index contributed by atoms with van der Waals surface area (Å²) in [6.07, 6.45) is -4.55. The van der Waals surface area contributed by atoms with Crippen LogP contribution in [0.5, 0.6) is 5.75 Å². The van der Waals surface area contributed by atoms with E-state index in [1.807, 2.05) is 6.92 Å². The molecule has 0 atom stereocenters.